The number of hydrazone groups is 1. The Morgan fingerprint density at radius 3 is 2.75 bits per heavy atom. The number of hydrogen-bond acceptors (Lipinski definition) is 7. The van der Waals surface area contributed by atoms with Gasteiger partial charge in [-0.3, -0.25) is 19.7 Å². The Kier molecular flexibility index (Phi) is 7.64. The fraction of sp³-hybridized carbons (Fsp3) is 0.278. The van der Waals surface area contributed by atoms with Crippen molar-refractivity contribution in [2.24, 2.45) is 11.0 Å². The molecule has 0 aliphatic carbocycles. The van der Waals surface area contributed by atoms with E-state index < -0.39 is 16.9 Å². The standard InChI is InChI=1S/C18H20N4O5S/c1-12(2)11-14(20-18(24)15-6-4-10-28-15)17(23)21-19-9-3-5-13-7-8-16(27-13)22(25)26/h3-10,12,14H,11H2,1-2H3,(H,20,24)(H,21,23)/b5-3+,19-9-/t14-/m0/s1. The van der Waals surface area contributed by atoms with Gasteiger partial charge in [-0.1, -0.05) is 19.9 Å². The van der Waals surface area contributed by atoms with Crippen molar-refractivity contribution in [3.05, 3.63) is 56.5 Å². The summed E-state index contributed by atoms with van der Waals surface area (Å²) in [6.07, 6.45) is 4.70. The molecule has 0 fully saturated rings. The number of amides is 2. The number of allylic oxidation sites excluding steroid dienone is 1. The third kappa shape index (κ3) is 6.47. The maximum atomic E-state index is 12.3. The molecule has 2 rings (SSSR count). The molecule has 0 radical (unpaired) electrons. The molecule has 0 aliphatic heterocycles. The molecule has 0 bridgehead atoms. The summed E-state index contributed by atoms with van der Waals surface area (Å²) >= 11 is 1.30. The molecule has 2 N–H and O–H groups in total. The van der Waals surface area contributed by atoms with E-state index in [1.54, 1.807) is 17.5 Å². The molecule has 0 saturated heterocycles. The van der Waals surface area contributed by atoms with E-state index in [9.17, 15) is 19.7 Å². The molecule has 9 nitrogen and oxygen atoms in total. The van der Waals surface area contributed by atoms with Gasteiger partial charge in [0.1, 0.15) is 16.7 Å². The molecule has 2 aromatic rings. The van der Waals surface area contributed by atoms with Gasteiger partial charge in [-0.2, -0.15) is 5.10 Å². The number of thiophene rings is 1. The molecule has 2 aromatic heterocycles. The van der Waals surface area contributed by atoms with Crippen LogP contribution in [0.25, 0.3) is 6.08 Å². The molecule has 0 unspecified atom stereocenters. The zero-order valence-electron chi connectivity index (χ0n) is 15.3. The number of carbonyl (C=O) groups excluding carboxylic acids is 2. The van der Waals surface area contributed by atoms with Crippen molar-refractivity contribution in [2.75, 3.05) is 0 Å². The highest BCUT2D eigenvalue weighted by molar-refractivity contribution is 7.12. The smallest absolute Gasteiger partial charge is 0.401 e. The van der Waals surface area contributed by atoms with E-state index in [0.717, 1.165) is 0 Å². The van der Waals surface area contributed by atoms with Crippen molar-refractivity contribution in [1.82, 2.24) is 10.7 Å². The Bertz CT molecular complexity index is 870. The summed E-state index contributed by atoms with van der Waals surface area (Å²) < 4.78 is 4.95. The van der Waals surface area contributed by atoms with E-state index in [1.165, 1.54) is 41.8 Å². The first-order valence-corrected chi connectivity index (χ1v) is 9.33. The summed E-state index contributed by atoms with van der Waals surface area (Å²) in [5, 5.41) is 18.8. The molecule has 28 heavy (non-hydrogen) atoms. The lowest BCUT2D eigenvalue weighted by Gasteiger charge is -2.18. The first-order valence-electron chi connectivity index (χ1n) is 8.45. The van der Waals surface area contributed by atoms with Gasteiger partial charge in [0.25, 0.3) is 11.8 Å². The lowest BCUT2D eigenvalue weighted by Crippen LogP contribution is -2.46. The highest BCUT2D eigenvalue weighted by Gasteiger charge is 2.22. The van der Waals surface area contributed by atoms with Crippen LogP contribution in [0.2, 0.25) is 0 Å². The largest absolute Gasteiger partial charge is 0.433 e. The quantitative estimate of drug-likeness (QED) is 0.377. The maximum absolute atomic E-state index is 12.3. The molecule has 2 heterocycles. The third-order valence-electron chi connectivity index (χ3n) is 3.46. The first-order chi connectivity index (χ1) is 13.4. The van der Waals surface area contributed by atoms with E-state index in [2.05, 4.69) is 15.8 Å². The van der Waals surface area contributed by atoms with Crippen molar-refractivity contribution in [3.8, 4) is 0 Å². The SMILES string of the molecule is CC(C)C[C@H](NC(=O)c1cccs1)C(=O)N/N=C\C=C\c1ccc([N+](=O)[O-])o1. The van der Waals surface area contributed by atoms with Crippen LogP contribution in [0, 0.1) is 16.0 Å². The molecular weight excluding hydrogens is 384 g/mol. The summed E-state index contributed by atoms with van der Waals surface area (Å²) in [6, 6.07) is 5.42. The van der Waals surface area contributed by atoms with Gasteiger partial charge in [-0.05, 0) is 42.0 Å². The monoisotopic (exact) mass is 404 g/mol. The zero-order chi connectivity index (χ0) is 20.5. The summed E-state index contributed by atoms with van der Waals surface area (Å²) in [5.74, 6) is -0.623. The Morgan fingerprint density at radius 1 is 1.36 bits per heavy atom. The van der Waals surface area contributed by atoms with Crippen molar-refractivity contribution < 1.29 is 18.9 Å². The molecule has 0 spiro atoms. The van der Waals surface area contributed by atoms with Crippen LogP contribution < -0.4 is 10.7 Å². The Morgan fingerprint density at radius 2 is 2.14 bits per heavy atom. The number of nitrogens with one attached hydrogen (secondary N) is 2. The fourth-order valence-corrected chi connectivity index (χ4v) is 2.86. The van der Waals surface area contributed by atoms with Crippen LogP contribution in [-0.2, 0) is 4.79 Å². The van der Waals surface area contributed by atoms with Gasteiger partial charge in [-0.25, -0.2) is 5.43 Å². The van der Waals surface area contributed by atoms with Gasteiger partial charge in [-0.15, -0.1) is 11.3 Å². The van der Waals surface area contributed by atoms with Gasteiger partial charge in [0.05, 0.1) is 10.9 Å². The van der Waals surface area contributed by atoms with Gasteiger partial charge in [0, 0.05) is 6.21 Å². The molecule has 2 amide bonds. The molecule has 10 heteroatoms. The average molecular weight is 404 g/mol. The second-order valence-corrected chi connectivity index (χ2v) is 7.13. The van der Waals surface area contributed by atoms with Crippen LogP contribution in [0.4, 0.5) is 5.88 Å². The molecule has 0 saturated carbocycles. The number of rotatable bonds is 9. The van der Waals surface area contributed by atoms with Crippen molar-refractivity contribution in [2.45, 2.75) is 26.3 Å². The summed E-state index contributed by atoms with van der Waals surface area (Å²) in [5.41, 5.74) is 2.38. The van der Waals surface area contributed by atoms with Crippen molar-refractivity contribution in [1.29, 1.82) is 0 Å². The first kappa shape index (κ1) is 21.0. The number of furan rings is 1. The maximum Gasteiger partial charge on any atom is 0.433 e. The Hall–Kier alpha value is -3.27. The Labute approximate surface area is 165 Å². The summed E-state index contributed by atoms with van der Waals surface area (Å²) in [7, 11) is 0. The fourth-order valence-electron chi connectivity index (χ4n) is 2.23. The predicted octanol–water partition coefficient (Wildman–Crippen LogP) is 3.21. The second kappa shape index (κ2) is 10.2. The number of carbonyl (C=O) groups is 2. The lowest BCUT2D eigenvalue weighted by molar-refractivity contribution is -0.402. The minimum Gasteiger partial charge on any atom is -0.401 e. The van der Waals surface area contributed by atoms with Gasteiger partial charge < -0.3 is 9.73 Å². The number of nitro groups is 1. The van der Waals surface area contributed by atoms with Crippen LogP contribution >= 0.6 is 11.3 Å². The van der Waals surface area contributed by atoms with Crippen molar-refractivity contribution >= 4 is 41.3 Å². The van der Waals surface area contributed by atoms with Crippen LogP contribution in [0.1, 0.15) is 35.7 Å². The molecule has 0 aromatic carbocycles. The van der Waals surface area contributed by atoms with Crippen LogP contribution in [0.3, 0.4) is 0 Å². The van der Waals surface area contributed by atoms with Gasteiger partial charge >= 0.3 is 5.88 Å². The Balaban J connectivity index is 1.90. The van der Waals surface area contributed by atoms with E-state index in [4.69, 9.17) is 4.42 Å². The van der Waals surface area contributed by atoms with Crippen LogP contribution in [-0.4, -0.2) is 29.0 Å². The molecule has 1 atom stereocenters. The van der Waals surface area contributed by atoms with Crippen LogP contribution in [0.5, 0.6) is 0 Å². The van der Waals surface area contributed by atoms with Gasteiger partial charge in [0.15, 0.2) is 0 Å². The molecule has 148 valence electrons. The average Bonchev–Trinajstić information content (AvgIpc) is 3.32. The van der Waals surface area contributed by atoms with E-state index in [1.807, 2.05) is 13.8 Å². The minimum atomic E-state index is -0.719. The number of nitrogens with zero attached hydrogens (tertiary/aromatic N) is 2. The lowest BCUT2D eigenvalue weighted by atomic mass is 10.0. The number of hydrogen-bond donors (Lipinski definition) is 2. The van der Waals surface area contributed by atoms with E-state index >= 15 is 0 Å². The summed E-state index contributed by atoms with van der Waals surface area (Å²) in [6.45, 7) is 3.90. The molecule has 0 aliphatic rings. The second-order valence-electron chi connectivity index (χ2n) is 6.18. The zero-order valence-corrected chi connectivity index (χ0v) is 16.1. The third-order valence-corrected chi connectivity index (χ3v) is 4.33. The normalized spacial score (nSPS) is 12.5. The van der Waals surface area contributed by atoms with Gasteiger partial charge in [0.2, 0.25) is 0 Å². The van der Waals surface area contributed by atoms with Crippen molar-refractivity contribution in [3.63, 3.8) is 0 Å². The molecular formula is C18H20N4O5S. The van der Waals surface area contributed by atoms with E-state index in [0.29, 0.717) is 11.3 Å². The predicted molar refractivity (Wildman–Crippen MR) is 106 cm³/mol. The van der Waals surface area contributed by atoms with E-state index in [-0.39, 0.29) is 23.5 Å². The highest BCUT2D eigenvalue weighted by atomic mass is 32.1. The van der Waals surface area contributed by atoms with Crippen LogP contribution in [0.15, 0.2) is 45.2 Å². The minimum absolute atomic E-state index is 0.193. The summed E-state index contributed by atoms with van der Waals surface area (Å²) in [4.78, 5) is 35.0. The topological polar surface area (TPSA) is 127 Å². The highest BCUT2D eigenvalue weighted by Crippen LogP contribution is 2.16.